The highest BCUT2D eigenvalue weighted by molar-refractivity contribution is 7.91. The van der Waals surface area contributed by atoms with Crippen LogP contribution >= 0.6 is 0 Å². The van der Waals surface area contributed by atoms with E-state index in [0.717, 1.165) is 24.1 Å². The van der Waals surface area contributed by atoms with Crippen molar-refractivity contribution < 1.29 is 13.5 Å². The maximum atomic E-state index is 11.5. The van der Waals surface area contributed by atoms with Gasteiger partial charge in [-0.1, -0.05) is 12.1 Å². The molecule has 1 aliphatic rings. The van der Waals surface area contributed by atoms with Crippen molar-refractivity contribution in [1.82, 2.24) is 0 Å². The number of hydrogen-bond donors (Lipinski definition) is 2. The third-order valence-corrected chi connectivity index (χ3v) is 4.79. The van der Waals surface area contributed by atoms with Gasteiger partial charge in [0.15, 0.2) is 9.84 Å². The van der Waals surface area contributed by atoms with Gasteiger partial charge in [-0.2, -0.15) is 0 Å². The van der Waals surface area contributed by atoms with Crippen LogP contribution < -0.4 is 5.32 Å². The second kappa shape index (κ2) is 5.06. The van der Waals surface area contributed by atoms with Crippen molar-refractivity contribution in [3.63, 3.8) is 0 Å². The number of rotatable bonds is 3. The van der Waals surface area contributed by atoms with Crippen LogP contribution in [0, 0.1) is 0 Å². The number of aliphatic hydroxyl groups excluding tert-OH is 1. The fraction of sp³-hybridized carbons (Fsp3) is 0.500. The molecule has 0 radical (unpaired) electrons. The summed E-state index contributed by atoms with van der Waals surface area (Å²) >= 11 is 0. The van der Waals surface area contributed by atoms with Crippen molar-refractivity contribution in [1.29, 1.82) is 0 Å². The first kappa shape index (κ1) is 12.4. The molecule has 2 rings (SSSR count). The number of sulfone groups is 1. The first-order chi connectivity index (χ1) is 8.09. The Bertz CT molecular complexity index is 467. The summed E-state index contributed by atoms with van der Waals surface area (Å²) in [4.78, 5) is 0. The normalized spacial score (nSPS) is 23.2. The molecule has 1 aliphatic heterocycles. The van der Waals surface area contributed by atoms with Crippen molar-refractivity contribution in [2.45, 2.75) is 25.5 Å². The van der Waals surface area contributed by atoms with E-state index < -0.39 is 9.84 Å². The lowest BCUT2D eigenvalue weighted by Crippen LogP contribution is -2.34. The number of nitrogens with one attached hydrogen (secondary N) is 1. The van der Waals surface area contributed by atoms with Gasteiger partial charge in [-0.15, -0.1) is 0 Å². The zero-order chi connectivity index (χ0) is 12.3. The Kier molecular flexibility index (Phi) is 3.69. The largest absolute Gasteiger partial charge is 0.392 e. The van der Waals surface area contributed by atoms with Gasteiger partial charge in [-0.05, 0) is 30.5 Å². The molecular formula is C12H17NO3S. The monoisotopic (exact) mass is 255 g/mol. The number of hydrogen-bond acceptors (Lipinski definition) is 4. The number of benzene rings is 1. The van der Waals surface area contributed by atoms with Crippen molar-refractivity contribution in [3.05, 3.63) is 29.8 Å². The van der Waals surface area contributed by atoms with Gasteiger partial charge in [0.05, 0.1) is 18.1 Å². The van der Waals surface area contributed by atoms with Crippen LogP contribution in [0.5, 0.6) is 0 Å². The Morgan fingerprint density at radius 1 is 1.29 bits per heavy atom. The highest BCUT2D eigenvalue weighted by Crippen LogP contribution is 2.18. The van der Waals surface area contributed by atoms with Gasteiger partial charge in [0.25, 0.3) is 0 Å². The van der Waals surface area contributed by atoms with E-state index in [9.17, 15) is 8.42 Å². The lowest BCUT2D eigenvalue weighted by molar-refractivity contribution is 0.282. The summed E-state index contributed by atoms with van der Waals surface area (Å²) in [7, 11) is -2.87. The molecule has 1 aromatic carbocycles. The SMILES string of the molecule is O=S1(=O)CCCC(Nc2ccc(CO)cc2)C1. The molecule has 0 bridgehead atoms. The molecule has 1 aromatic rings. The summed E-state index contributed by atoms with van der Waals surface area (Å²) in [5.41, 5.74) is 1.76. The van der Waals surface area contributed by atoms with Crippen LogP contribution in [0.15, 0.2) is 24.3 Å². The zero-order valence-corrected chi connectivity index (χ0v) is 10.4. The topological polar surface area (TPSA) is 66.4 Å². The van der Waals surface area contributed by atoms with E-state index in [1.165, 1.54) is 0 Å². The molecule has 0 aliphatic carbocycles. The van der Waals surface area contributed by atoms with Gasteiger partial charge in [0.2, 0.25) is 0 Å². The molecular weight excluding hydrogens is 238 g/mol. The van der Waals surface area contributed by atoms with Gasteiger partial charge in [-0.25, -0.2) is 8.42 Å². The third kappa shape index (κ3) is 3.44. The van der Waals surface area contributed by atoms with Gasteiger partial charge in [-0.3, -0.25) is 0 Å². The van der Waals surface area contributed by atoms with Crippen LogP contribution in [0.4, 0.5) is 5.69 Å². The Hall–Kier alpha value is -1.07. The summed E-state index contributed by atoms with van der Waals surface area (Å²) in [6.45, 7) is 0.0259. The van der Waals surface area contributed by atoms with Crippen molar-refractivity contribution >= 4 is 15.5 Å². The molecule has 0 aromatic heterocycles. The molecule has 1 fully saturated rings. The Labute approximate surface area is 102 Å². The number of aliphatic hydroxyl groups is 1. The van der Waals surface area contributed by atoms with E-state index >= 15 is 0 Å². The minimum absolute atomic E-state index is 0.00808. The van der Waals surface area contributed by atoms with Crippen LogP contribution in [-0.2, 0) is 16.4 Å². The molecule has 1 atom stereocenters. The van der Waals surface area contributed by atoms with Crippen molar-refractivity contribution in [2.75, 3.05) is 16.8 Å². The molecule has 0 spiro atoms. The van der Waals surface area contributed by atoms with Crippen LogP contribution in [-0.4, -0.2) is 31.1 Å². The Balaban J connectivity index is 2.00. The predicted molar refractivity (Wildman–Crippen MR) is 67.7 cm³/mol. The summed E-state index contributed by atoms with van der Waals surface area (Å²) in [5.74, 6) is 0.531. The van der Waals surface area contributed by atoms with Crippen molar-refractivity contribution in [3.8, 4) is 0 Å². The fourth-order valence-corrected chi connectivity index (χ4v) is 3.71. The van der Waals surface area contributed by atoms with E-state index in [4.69, 9.17) is 5.11 Å². The first-order valence-electron chi connectivity index (χ1n) is 5.76. The van der Waals surface area contributed by atoms with Gasteiger partial charge in [0, 0.05) is 11.7 Å². The average Bonchev–Trinajstić information content (AvgIpc) is 2.29. The van der Waals surface area contributed by atoms with Crippen LogP contribution in [0.1, 0.15) is 18.4 Å². The molecule has 94 valence electrons. The molecule has 0 saturated carbocycles. The molecule has 1 saturated heterocycles. The summed E-state index contributed by atoms with van der Waals surface area (Å²) < 4.78 is 23.0. The highest BCUT2D eigenvalue weighted by Gasteiger charge is 2.24. The van der Waals surface area contributed by atoms with Gasteiger partial charge in [0.1, 0.15) is 0 Å². The summed E-state index contributed by atoms with van der Waals surface area (Å²) in [6, 6.07) is 7.41. The Morgan fingerprint density at radius 2 is 2.00 bits per heavy atom. The maximum absolute atomic E-state index is 11.5. The average molecular weight is 255 g/mol. The zero-order valence-electron chi connectivity index (χ0n) is 9.59. The van der Waals surface area contributed by atoms with Crippen LogP contribution in [0.25, 0.3) is 0 Å². The first-order valence-corrected chi connectivity index (χ1v) is 7.58. The standard InChI is InChI=1S/C12H17NO3S/c14-8-10-3-5-11(6-4-10)13-12-2-1-7-17(15,16)9-12/h3-6,12-14H,1-2,7-9H2. The summed E-state index contributed by atoms with van der Waals surface area (Å²) in [5, 5.41) is 12.1. The fourth-order valence-electron chi connectivity index (χ4n) is 2.08. The second-order valence-corrected chi connectivity index (χ2v) is 6.68. The van der Waals surface area contributed by atoms with Crippen LogP contribution in [0.3, 0.4) is 0 Å². The Morgan fingerprint density at radius 3 is 2.59 bits per heavy atom. The quantitative estimate of drug-likeness (QED) is 0.851. The smallest absolute Gasteiger partial charge is 0.152 e. The van der Waals surface area contributed by atoms with E-state index in [1.807, 2.05) is 24.3 Å². The van der Waals surface area contributed by atoms with E-state index in [2.05, 4.69) is 5.32 Å². The maximum Gasteiger partial charge on any atom is 0.152 e. The lowest BCUT2D eigenvalue weighted by Gasteiger charge is -2.24. The molecule has 0 amide bonds. The molecule has 5 heteroatoms. The molecule has 4 nitrogen and oxygen atoms in total. The molecule has 1 unspecified atom stereocenters. The van der Waals surface area contributed by atoms with Gasteiger partial charge < -0.3 is 10.4 Å². The van der Waals surface area contributed by atoms with Gasteiger partial charge >= 0.3 is 0 Å². The highest BCUT2D eigenvalue weighted by atomic mass is 32.2. The molecule has 1 heterocycles. The minimum Gasteiger partial charge on any atom is -0.392 e. The van der Waals surface area contributed by atoms with E-state index in [0.29, 0.717) is 5.75 Å². The minimum atomic E-state index is -2.87. The summed E-state index contributed by atoms with van der Waals surface area (Å²) in [6.07, 6.45) is 1.62. The van der Waals surface area contributed by atoms with E-state index in [1.54, 1.807) is 0 Å². The van der Waals surface area contributed by atoms with Crippen LogP contribution in [0.2, 0.25) is 0 Å². The molecule has 2 N–H and O–H groups in total. The second-order valence-electron chi connectivity index (χ2n) is 4.45. The lowest BCUT2D eigenvalue weighted by atomic mass is 10.1. The van der Waals surface area contributed by atoms with Crippen molar-refractivity contribution in [2.24, 2.45) is 0 Å². The third-order valence-electron chi connectivity index (χ3n) is 2.97. The molecule has 17 heavy (non-hydrogen) atoms. The predicted octanol–water partition coefficient (Wildman–Crippen LogP) is 1.17. The van der Waals surface area contributed by atoms with E-state index in [-0.39, 0.29) is 18.4 Å². The number of anilines is 1.